The summed E-state index contributed by atoms with van der Waals surface area (Å²) in [7, 11) is 0. The highest BCUT2D eigenvalue weighted by Gasteiger charge is 2.42. The molecule has 22 heavy (non-hydrogen) atoms. The number of hydrogen-bond donors (Lipinski definition) is 0. The number of hydrogen-bond acceptors (Lipinski definition) is 4. The maximum atomic E-state index is 12.8. The minimum atomic E-state index is -4.56. The maximum Gasteiger partial charge on any atom is 0.451 e. The molecule has 0 spiro atoms. The number of aryl methyl sites for hydroxylation is 1. The monoisotopic (exact) mass is 314 g/mol. The SMILES string of the molecule is Cc1ccoc1C(=O)N1CCn2c(nnc2C(F)(F)F)C1C. The molecule has 0 fully saturated rings. The third-order valence-corrected chi connectivity index (χ3v) is 3.76. The van der Waals surface area contributed by atoms with Gasteiger partial charge in [0.1, 0.15) is 0 Å². The van der Waals surface area contributed by atoms with Crippen molar-refractivity contribution in [3.05, 3.63) is 35.3 Å². The standard InChI is InChI=1S/C13H13F3N4O2/c1-7-3-6-22-9(7)11(21)19-4-5-20-10(8(19)2)17-18-12(20)13(14,15)16/h3,6,8H,4-5H2,1-2H3. The highest BCUT2D eigenvalue weighted by atomic mass is 19.4. The van der Waals surface area contributed by atoms with Crippen LogP contribution in [0.2, 0.25) is 0 Å². The van der Waals surface area contributed by atoms with E-state index in [4.69, 9.17) is 4.42 Å². The van der Waals surface area contributed by atoms with Crippen LogP contribution in [-0.4, -0.2) is 32.1 Å². The van der Waals surface area contributed by atoms with E-state index in [0.29, 0.717) is 5.56 Å². The van der Waals surface area contributed by atoms with E-state index in [2.05, 4.69) is 10.2 Å². The minimum absolute atomic E-state index is 0.00693. The third-order valence-electron chi connectivity index (χ3n) is 3.76. The number of rotatable bonds is 1. The van der Waals surface area contributed by atoms with E-state index in [9.17, 15) is 18.0 Å². The molecule has 0 saturated heterocycles. The predicted octanol–water partition coefficient (Wildman–Crippen LogP) is 2.42. The van der Waals surface area contributed by atoms with Gasteiger partial charge >= 0.3 is 6.18 Å². The third kappa shape index (κ3) is 2.16. The van der Waals surface area contributed by atoms with Crippen LogP contribution in [0.15, 0.2) is 16.7 Å². The van der Waals surface area contributed by atoms with E-state index in [1.165, 1.54) is 11.2 Å². The largest absolute Gasteiger partial charge is 0.459 e. The zero-order valence-corrected chi connectivity index (χ0v) is 11.9. The summed E-state index contributed by atoms with van der Waals surface area (Å²) in [4.78, 5) is 13.9. The first kappa shape index (κ1) is 14.6. The Morgan fingerprint density at radius 2 is 2.09 bits per heavy atom. The molecule has 0 bridgehead atoms. The van der Waals surface area contributed by atoms with Gasteiger partial charge in [0, 0.05) is 18.7 Å². The van der Waals surface area contributed by atoms with Gasteiger partial charge in [0.25, 0.3) is 5.91 Å². The van der Waals surface area contributed by atoms with E-state index in [0.717, 1.165) is 4.57 Å². The number of fused-ring (bicyclic) bond motifs is 1. The summed E-state index contributed by atoms with van der Waals surface area (Å²) in [6.45, 7) is 3.48. The van der Waals surface area contributed by atoms with Crippen LogP contribution in [0.25, 0.3) is 0 Å². The van der Waals surface area contributed by atoms with Crippen LogP contribution in [0.4, 0.5) is 13.2 Å². The smallest absolute Gasteiger partial charge is 0.451 e. The van der Waals surface area contributed by atoms with Gasteiger partial charge in [-0.2, -0.15) is 13.2 Å². The molecule has 6 nitrogen and oxygen atoms in total. The van der Waals surface area contributed by atoms with E-state index in [1.807, 2.05) is 0 Å². The van der Waals surface area contributed by atoms with Crippen molar-refractivity contribution in [1.29, 1.82) is 0 Å². The number of furan rings is 1. The number of nitrogens with zero attached hydrogens (tertiary/aromatic N) is 4. The van der Waals surface area contributed by atoms with Crippen LogP contribution >= 0.6 is 0 Å². The van der Waals surface area contributed by atoms with E-state index >= 15 is 0 Å². The summed E-state index contributed by atoms with van der Waals surface area (Å²) in [5, 5.41) is 6.83. The summed E-state index contributed by atoms with van der Waals surface area (Å²) < 4.78 is 44.7. The van der Waals surface area contributed by atoms with Gasteiger partial charge in [-0.05, 0) is 19.9 Å². The van der Waals surface area contributed by atoms with Gasteiger partial charge in [0.15, 0.2) is 11.6 Å². The van der Waals surface area contributed by atoms with Gasteiger partial charge in [-0.3, -0.25) is 4.79 Å². The Morgan fingerprint density at radius 3 is 2.68 bits per heavy atom. The molecule has 0 N–H and O–H groups in total. The fraction of sp³-hybridized carbons (Fsp3) is 0.462. The molecule has 0 saturated carbocycles. The fourth-order valence-electron chi connectivity index (χ4n) is 2.59. The number of alkyl halides is 3. The lowest BCUT2D eigenvalue weighted by molar-refractivity contribution is -0.148. The van der Waals surface area contributed by atoms with Crippen molar-refractivity contribution >= 4 is 5.91 Å². The molecule has 1 amide bonds. The van der Waals surface area contributed by atoms with Crippen LogP contribution in [0, 0.1) is 6.92 Å². The van der Waals surface area contributed by atoms with Crippen molar-refractivity contribution in [3.63, 3.8) is 0 Å². The van der Waals surface area contributed by atoms with Crippen LogP contribution in [0.1, 0.15) is 40.7 Å². The molecule has 0 radical (unpaired) electrons. The van der Waals surface area contributed by atoms with Crippen molar-refractivity contribution in [2.45, 2.75) is 32.6 Å². The number of carbonyl (C=O) groups is 1. The molecule has 3 heterocycles. The Hall–Kier alpha value is -2.32. The zero-order chi connectivity index (χ0) is 16.1. The molecule has 0 aliphatic carbocycles. The van der Waals surface area contributed by atoms with Crippen molar-refractivity contribution < 1.29 is 22.4 Å². The molecule has 1 atom stereocenters. The Kier molecular flexibility index (Phi) is 3.22. The van der Waals surface area contributed by atoms with Gasteiger partial charge in [-0.1, -0.05) is 0 Å². The highest BCUT2D eigenvalue weighted by Crippen LogP contribution is 2.33. The normalized spacial score (nSPS) is 18.4. The van der Waals surface area contributed by atoms with Crippen LogP contribution in [0.5, 0.6) is 0 Å². The molecule has 2 aromatic heterocycles. The molecule has 118 valence electrons. The van der Waals surface area contributed by atoms with Crippen LogP contribution in [0.3, 0.4) is 0 Å². The van der Waals surface area contributed by atoms with E-state index in [-0.39, 0.29) is 30.6 Å². The summed E-state index contributed by atoms with van der Waals surface area (Å²) in [5.74, 6) is -1.08. The second-order valence-corrected chi connectivity index (χ2v) is 5.14. The lowest BCUT2D eigenvalue weighted by Gasteiger charge is -2.33. The maximum absolute atomic E-state index is 12.8. The van der Waals surface area contributed by atoms with Crippen molar-refractivity contribution in [1.82, 2.24) is 19.7 Å². The van der Waals surface area contributed by atoms with Crippen molar-refractivity contribution in [3.8, 4) is 0 Å². The van der Waals surface area contributed by atoms with Gasteiger partial charge < -0.3 is 13.9 Å². The van der Waals surface area contributed by atoms with Gasteiger partial charge in [-0.15, -0.1) is 10.2 Å². The number of aromatic nitrogens is 3. The van der Waals surface area contributed by atoms with Gasteiger partial charge in [-0.25, -0.2) is 0 Å². The summed E-state index contributed by atoms with van der Waals surface area (Å²) in [5.41, 5.74) is 0.681. The Labute approximate surface area is 123 Å². The number of halogens is 3. The molecule has 1 aliphatic heterocycles. The molecule has 0 aromatic carbocycles. The fourth-order valence-corrected chi connectivity index (χ4v) is 2.59. The molecule has 1 aliphatic rings. The second-order valence-electron chi connectivity index (χ2n) is 5.14. The quantitative estimate of drug-likeness (QED) is 0.811. The Balaban J connectivity index is 1.93. The summed E-state index contributed by atoms with van der Waals surface area (Å²) >= 11 is 0. The van der Waals surface area contributed by atoms with E-state index in [1.54, 1.807) is 19.9 Å². The lowest BCUT2D eigenvalue weighted by Crippen LogP contribution is -2.42. The molecule has 1 unspecified atom stereocenters. The molecular formula is C13H13F3N4O2. The van der Waals surface area contributed by atoms with Crippen molar-refractivity contribution in [2.24, 2.45) is 0 Å². The molecule has 2 aromatic rings. The number of amides is 1. The summed E-state index contributed by atoms with van der Waals surface area (Å²) in [6.07, 6.45) is -3.16. The first-order chi connectivity index (χ1) is 10.3. The zero-order valence-electron chi connectivity index (χ0n) is 11.9. The lowest BCUT2D eigenvalue weighted by atomic mass is 10.1. The first-order valence-electron chi connectivity index (χ1n) is 6.66. The van der Waals surface area contributed by atoms with Crippen molar-refractivity contribution in [2.75, 3.05) is 6.54 Å². The minimum Gasteiger partial charge on any atom is -0.459 e. The van der Waals surface area contributed by atoms with Crippen LogP contribution < -0.4 is 0 Å². The highest BCUT2D eigenvalue weighted by molar-refractivity contribution is 5.93. The topological polar surface area (TPSA) is 64.2 Å². The van der Waals surface area contributed by atoms with Gasteiger partial charge in [0.05, 0.1) is 12.3 Å². The summed E-state index contributed by atoms with van der Waals surface area (Å²) in [6, 6.07) is 1.04. The molecule has 3 rings (SSSR count). The van der Waals surface area contributed by atoms with E-state index < -0.39 is 18.0 Å². The molecular weight excluding hydrogens is 301 g/mol. The van der Waals surface area contributed by atoms with Gasteiger partial charge in [0.2, 0.25) is 5.82 Å². The first-order valence-corrected chi connectivity index (χ1v) is 6.66. The number of carbonyl (C=O) groups excluding carboxylic acids is 1. The Bertz CT molecular complexity index is 719. The molecule has 9 heteroatoms. The van der Waals surface area contributed by atoms with Crippen LogP contribution in [-0.2, 0) is 12.7 Å². The predicted molar refractivity (Wildman–Crippen MR) is 67.9 cm³/mol. The average molecular weight is 314 g/mol. The Morgan fingerprint density at radius 1 is 1.36 bits per heavy atom. The second kappa shape index (κ2) is 4.85. The average Bonchev–Trinajstić information content (AvgIpc) is 3.04.